The number of thiophene rings is 1. The molecule has 3 heteroatoms. The van der Waals surface area contributed by atoms with Crippen molar-refractivity contribution in [3.63, 3.8) is 0 Å². The van der Waals surface area contributed by atoms with E-state index < -0.39 is 0 Å². The fourth-order valence-corrected chi connectivity index (χ4v) is 9.16. The SMILES string of the molecule is Cc1ccc2[n+](c1)C1Cc3ccc4c5c(sc4c3-c3cc(C(C)C)cc[n+]3/C=C/CC1c1ccccc1-2)CCCC5. The van der Waals surface area contributed by atoms with Crippen LogP contribution in [-0.4, -0.2) is 0 Å². The molecular formula is C38H38N2S+2. The van der Waals surface area contributed by atoms with E-state index in [0.717, 1.165) is 12.8 Å². The van der Waals surface area contributed by atoms with Gasteiger partial charge in [-0.2, -0.15) is 9.13 Å². The van der Waals surface area contributed by atoms with E-state index in [4.69, 9.17) is 0 Å². The molecule has 0 N–H and O–H groups in total. The Morgan fingerprint density at radius 2 is 1.80 bits per heavy atom. The molecule has 2 atom stereocenters. The van der Waals surface area contributed by atoms with Gasteiger partial charge in [-0.25, -0.2) is 0 Å². The molecule has 0 radical (unpaired) electrons. The van der Waals surface area contributed by atoms with Crippen molar-refractivity contribution < 1.29 is 9.13 Å². The lowest BCUT2D eigenvalue weighted by molar-refractivity contribution is -0.718. The minimum absolute atomic E-state index is 0.357. The van der Waals surface area contributed by atoms with Crippen molar-refractivity contribution in [2.24, 2.45) is 0 Å². The van der Waals surface area contributed by atoms with Crippen molar-refractivity contribution in [3.05, 3.63) is 112 Å². The Hall–Kier alpha value is -3.56. The molecule has 5 aromatic rings. The van der Waals surface area contributed by atoms with Gasteiger partial charge in [-0.3, -0.25) is 0 Å². The molecule has 0 bridgehead atoms. The largest absolute Gasteiger partial charge is 0.219 e. The van der Waals surface area contributed by atoms with Gasteiger partial charge in [0.25, 0.3) is 0 Å². The lowest BCUT2D eigenvalue weighted by Crippen LogP contribution is -2.48. The zero-order valence-electron chi connectivity index (χ0n) is 24.4. The molecular weight excluding hydrogens is 516 g/mol. The first-order chi connectivity index (χ1) is 20.1. The number of hydrogen-bond acceptors (Lipinski definition) is 1. The molecule has 8 rings (SSSR count). The molecule has 0 amide bonds. The summed E-state index contributed by atoms with van der Waals surface area (Å²) in [6.07, 6.45) is 16.6. The Bertz CT molecular complexity index is 1860. The molecule has 2 unspecified atom stereocenters. The molecule has 204 valence electrons. The molecule has 0 spiro atoms. The standard InChI is InChI=1S/C38H38N2S/c1-24(2)26-18-20-39-19-8-12-30-28-9-4-5-10-29(28)33-17-14-25(3)23-40(33)34(30)22-27-15-16-32-31-11-6-7-13-36(31)41-38(32)37(27)35(39)21-26/h4-5,8-10,14-21,23-24,30,34H,6-7,11-13,22H2,1-3H3/q+2/b19-8+. The van der Waals surface area contributed by atoms with Crippen molar-refractivity contribution in [3.8, 4) is 22.5 Å². The van der Waals surface area contributed by atoms with E-state index in [2.05, 4.69) is 127 Å². The Morgan fingerprint density at radius 3 is 2.71 bits per heavy atom. The van der Waals surface area contributed by atoms with E-state index in [1.807, 2.05) is 0 Å². The fraction of sp³-hybridized carbons (Fsp3) is 0.316. The lowest BCUT2D eigenvalue weighted by Gasteiger charge is -2.31. The van der Waals surface area contributed by atoms with Crippen molar-refractivity contribution >= 4 is 27.6 Å². The van der Waals surface area contributed by atoms with Crippen LogP contribution in [0.4, 0.5) is 0 Å². The second-order valence-electron chi connectivity index (χ2n) is 12.7. The van der Waals surface area contributed by atoms with Crippen LogP contribution in [0.1, 0.15) is 83.7 Å². The number of benzene rings is 2. The van der Waals surface area contributed by atoms with Crippen LogP contribution in [0.3, 0.4) is 0 Å². The van der Waals surface area contributed by atoms with Crippen LogP contribution in [0.15, 0.2) is 79.1 Å². The fourth-order valence-electron chi connectivity index (χ4n) is 7.69. The van der Waals surface area contributed by atoms with E-state index in [9.17, 15) is 0 Å². The number of allylic oxidation sites excluding steroid dienone is 1. The first-order valence-electron chi connectivity index (χ1n) is 15.5. The van der Waals surface area contributed by atoms with Crippen molar-refractivity contribution in [1.29, 1.82) is 0 Å². The Morgan fingerprint density at radius 1 is 0.927 bits per heavy atom. The predicted octanol–water partition coefficient (Wildman–Crippen LogP) is 8.88. The van der Waals surface area contributed by atoms with Gasteiger partial charge in [0.1, 0.15) is 0 Å². The van der Waals surface area contributed by atoms with Crippen LogP contribution < -0.4 is 9.13 Å². The molecule has 3 aromatic heterocycles. The lowest BCUT2D eigenvalue weighted by atomic mass is 9.77. The van der Waals surface area contributed by atoms with Gasteiger partial charge in [0.2, 0.25) is 11.4 Å². The highest BCUT2D eigenvalue weighted by molar-refractivity contribution is 7.19. The van der Waals surface area contributed by atoms with Crippen LogP contribution in [0.5, 0.6) is 0 Å². The minimum Gasteiger partial charge on any atom is -0.194 e. The molecule has 0 saturated carbocycles. The Kier molecular flexibility index (Phi) is 6.00. The Labute approximate surface area is 247 Å². The number of hydrogen-bond donors (Lipinski definition) is 0. The van der Waals surface area contributed by atoms with Gasteiger partial charge < -0.3 is 0 Å². The minimum atomic E-state index is 0.357. The molecule has 3 aliphatic rings. The van der Waals surface area contributed by atoms with Gasteiger partial charge in [-0.15, -0.1) is 11.3 Å². The third-order valence-corrected chi connectivity index (χ3v) is 11.1. The summed E-state index contributed by atoms with van der Waals surface area (Å²) in [6.45, 7) is 6.86. The van der Waals surface area contributed by atoms with E-state index in [0.29, 0.717) is 17.9 Å². The number of aryl methyl sites for hydroxylation is 3. The molecule has 0 fully saturated rings. The predicted molar refractivity (Wildman–Crippen MR) is 170 cm³/mol. The highest BCUT2D eigenvalue weighted by Gasteiger charge is 2.41. The van der Waals surface area contributed by atoms with Crippen LogP contribution in [0.25, 0.3) is 38.8 Å². The van der Waals surface area contributed by atoms with E-state index in [1.165, 1.54) is 80.5 Å². The number of aromatic nitrogens is 2. The smallest absolute Gasteiger partial charge is 0.194 e. The highest BCUT2D eigenvalue weighted by Crippen LogP contribution is 2.46. The first kappa shape index (κ1) is 25.2. The van der Waals surface area contributed by atoms with E-state index in [-0.39, 0.29) is 0 Å². The maximum absolute atomic E-state index is 2.61. The van der Waals surface area contributed by atoms with Crippen LogP contribution in [0, 0.1) is 6.92 Å². The summed E-state index contributed by atoms with van der Waals surface area (Å²) in [5.74, 6) is 0.906. The summed E-state index contributed by atoms with van der Waals surface area (Å²) >= 11 is 2.08. The quantitative estimate of drug-likeness (QED) is 0.183. The molecule has 2 aromatic carbocycles. The summed E-state index contributed by atoms with van der Waals surface area (Å²) in [5.41, 5.74) is 12.9. The van der Waals surface area contributed by atoms with Crippen LogP contribution >= 0.6 is 11.3 Å². The molecule has 2 nitrogen and oxygen atoms in total. The number of fused-ring (bicyclic) bond motifs is 13. The van der Waals surface area contributed by atoms with Crippen molar-refractivity contribution in [1.82, 2.24) is 0 Å². The van der Waals surface area contributed by atoms with Gasteiger partial charge in [-0.1, -0.05) is 44.2 Å². The van der Waals surface area contributed by atoms with Gasteiger partial charge in [0, 0.05) is 45.3 Å². The summed E-state index contributed by atoms with van der Waals surface area (Å²) in [5, 5.41) is 1.50. The maximum atomic E-state index is 2.61. The number of pyridine rings is 2. The van der Waals surface area contributed by atoms with Crippen LogP contribution in [0.2, 0.25) is 0 Å². The number of nitrogens with zero attached hydrogens (tertiary/aromatic N) is 2. The second-order valence-corrected chi connectivity index (χ2v) is 13.8. The molecule has 1 aliphatic carbocycles. The molecule has 41 heavy (non-hydrogen) atoms. The van der Waals surface area contributed by atoms with Gasteiger partial charge in [0.15, 0.2) is 24.6 Å². The Balaban J connectivity index is 1.42. The zero-order valence-corrected chi connectivity index (χ0v) is 25.2. The van der Waals surface area contributed by atoms with Crippen molar-refractivity contribution in [2.75, 3.05) is 0 Å². The zero-order chi connectivity index (χ0) is 27.7. The van der Waals surface area contributed by atoms with Gasteiger partial charge in [0.05, 0.1) is 11.5 Å². The second kappa shape index (κ2) is 9.77. The molecule has 2 aliphatic heterocycles. The summed E-state index contributed by atoms with van der Waals surface area (Å²) < 4.78 is 6.52. The molecule has 0 saturated heterocycles. The normalized spacial score (nSPS) is 19.9. The van der Waals surface area contributed by atoms with Crippen molar-refractivity contribution in [2.45, 2.75) is 77.2 Å². The average Bonchev–Trinajstić information content (AvgIpc) is 3.37. The summed E-state index contributed by atoms with van der Waals surface area (Å²) in [6, 6.07) is 23.9. The monoisotopic (exact) mass is 554 g/mol. The number of rotatable bonds is 1. The summed E-state index contributed by atoms with van der Waals surface area (Å²) in [7, 11) is 0. The highest BCUT2D eigenvalue weighted by atomic mass is 32.1. The van der Waals surface area contributed by atoms with E-state index >= 15 is 0 Å². The van der Waals surface area contributed by atoms with E-state index in [1.54, 1.807) is 10.4 Å². The third-order valence-electron chi connectivity index (χ3n) is 9.81. The van der Waals surface area contributed by atoms with Crippen LogP contribution in [-0.2, 0) is 19.3 Å². The average molecular weight is 555 g/mol. The maximum Gasteiger partial charge on any atom is 0.219 e. The molecule has 5 heterocycles. The van der Waals surface area contributed by atoms with Gasteiger partial charge in [-0.05, 0) is 90.8 Å². The first-order valence-corrected chi connectivity index (χ1v) is 16.3. The third kappa shape index (κ3) is 4.04. The summed E-state index contributed by atoms with van der Waals surface area (Å²) in [4.78, 5) is 1.62. The topological polar surface area (TPSA) is 7.76 Å². The van der Waals surface area contributed by atoms with Gasteiger partial charge >= 0.3 is 0 Å².